The number of nitrogens with one attached hydrogen (secondary N) is 1. The Balaban J connectivity index is 2.63. The van der Waals surface area contributed by atoms with E-state index in [1.54, 1.807) is 0 Å². The smallest absolute Gasteiger partial charge is 0.0343 e. The van der Waals surface area contributed by atoms with E-state index in [0.717, 1.165) is 13.0 Å². The van der Waals surface area contributed by atoms with Gasteiger partial charge in [-0.1, -0.05) is 44.2 Å². The molecule has 0 saturated carbocycles. The molecule has 80 valence electrons. The van der Waals surface area contributed by atoms with Gasteiger partial charge in [0, 0.05) is 19.0 Å². The maximum atomic E-state index is 5.24. The molecule has 0 fully saturated rings. The lowest BCUT2D eigenvalue weighted by molar-refractivity contribution is 0.417. The maximum absolute atomic E-state index is 5.24. The third-order valence-electron chi connectivity index (χ3n) is 2.46. The van der Waals surface area contributed by atoms with Crippen molar-refractivity contribution in [2.75, 3.05) is 6.54 Å². The second-order valence-corrected chi connectivity index (χ2v) is 4.04. The molecule has 0 radical (unpaired) electrons. The highest BCUT2D eigenvalue weighted by molar-refractivity contribution is 5.19. The van der Waals surface area contributed by atoms with Crippen molar-refractivity contribution in [3.63, 3.8) is 0 Å². The van der Waals surface area contributed by atoms with Crippen molar-refractivity contribution in [2.45, 2.75) is 26.3 Å². The quantitative estimate of drug-likeness (QED) is 0.570. The fourth-order valence-electron chi connectivity index (χ4n) is 1.70. The van der Waals surface area contributed by atoms with Crippen molar-refractivity contribution in [1.82, 2.24) is 5.32 Å². The normalized spacial score (nSPS) is 12.4. The molecule has 1 N–H and O–H groups in total. The first kappa shape index (κ1) is 11.8. The van der Waals surface area contributed by atoms with Gasteiger partial charge in [0.1, 0.15) is 0 Å². The van der Waals surface area contributed by atoms with Crippen LogP contribution in [0.2, 0.25) is 0 Å². The zero-order chi connectivity index (χ0) is 11.1. The zero-order valence-electron chi connectivity index (χ0n) is 9.53. The highest BCUT2D eigenvalue weighted by Crippen LogP contribution is 2.20. The fourth-order valence-corrected chi connectivity index (χ4v) is 1.70. The third kappa shape index (κ3) is 3.77. The van der Waals surface area contributed by atoms with Crippen LogP contribution >= 0.6 is 0 Å². The second kappa shape index (κ2) is 6.27. The van der Waals surface area contributed by atoms with E-state index >= 15 is 0 Å². The first-order valence-corrected chi connectivity index (χ1v) is 5.47. The molecule has 1 nitrogen and oxygen atoms in total. The summed E-state index contributed by atoms with van der Waals surface area (Å²) in [6, 6.07) is 10.9. The van der Waals surface area contributed by atoms with Gasteiger partial charge in [-0.25, -0.2) is 0 Å². The number of terminal acetylenes is 1. The number of benzene rings is 1. The zero-order valence-corrected chi connectivity index (χ0v) is 9.53. The van der Waals surface area contributed by atoms with Crippen molar-refractivity contribution in [3.8, 4) is 12.3 Å². The van der Waals surface area contributed by atoms with Gasteiger partial charge in [-0.05, 0) is 11.5 Å². The van der Waals surface area contributed by atoms with Crippen LogP contribution in [0.3, 0.4) is 0 Å². The average molecular weight is 201 g/mol. The molecule has 0 bridgehead atoms. The molecule has 1 atom stereocenters. The molecule has 0 heterocycles. The SMILES string of the molecule is C#CCCNC(c1ccccc1)C(C)C. The van der Waals surface area contributed by atoms with Gasteiger partial charge in [-0.2, -0.15) is 0 Å². The van der Waals surface area contributed by atoms with Crippen LogP contribution in [0.1, 0.15) is 31.9 Å². The minimum Gasteiger partial charge on any atom is -0.309 e. The maximum Gasteiger partial charge on any atom is 0.0343 e. The van der Waals surface area contributed by atoms with E-state index in [-0.39, 0.29) is 0 Å². The average Bonchev–Trinajstić information content (AvgIpc) is 2.25. The van der Waals surface area contributed by atoms with Crippen molar-refractivity contribution < 1.29 is 0 Å². The molecular weight excluding hydrogens is 182 g/mol. The molecule has 1 unspecified atom stereocenters. The van der Waals surface area contributed by atoms with Gasteiger partial charge >= 0.3 is 0 Å². The summed E-state index contributed by atoms with van der Waals surface area (Å²) in [5.74, 6) is 3.23. The van der Waals surface area contributed by atoms with Crippen LogP contribution in [0.15, 0.2) is 30.3 Å². The third-order valence-corrected chi connectivity index (χ3v) is 2.46. The van der Waals surface area contributed by atoms with E-state index < -0.39 is 0 Å². The highest BCUT2D eigenvalue weighted by Gasteiger charge is 2.13. The Hall–Kier alpha value is -1.26. The summed E-state index contributed by atoms with van der Waals surface area (Å²) in [4.78, 5) is 0. The highest BCUT2D eigenvalue weighted by atomic mass is 14.9. The first-order valence-electron chi connectivity index (χ1n) is 5.47. The summed E-state index contributed by atoms with van der Waals surface area (Å²) in [6.45, 7) is 5.33. The molecule has 1 rings (SSSR count). The Bertz CT molecular complexity index is 308. The van der Waals surface area contributed by atoms with Crippen LogP contribution < -0.4 is 5.32 Å². The fraction of sp³-hybridized carbons (Fsp3) is 0.429. The Kier molecular flexibility index (Phi) is 4.93. The Morgan fingerprint density at radius 3 is 2.47 bits per heavy atom. The molecule has 0 aromatic heterocycles. The van der Waals surface area contributed by atoms with E-state index in [9.17, 15) is 0 Å². The summed E-state index contributed by atoms with van der Waals surface area (Å²) in [5.41, 5.74) is 1.34. The summed E-state index contributed by atoms with van der Waals surface area (Å²) in [7, 11) is 0. The first-order chi connectivity index (χ1) is 7.25. The molecule has 0 aliphatic rings. The van der Waals surface area contributed by atoms with Gasteiger partial charge in [-0.3, -0.25) is 0 Å². The van der Waals surface area contributed by atoms with Gasteiger partial charge in [0.2, 0.25) is 0 Å². The van der Waals surface area contributed by atoms with Gasteiger partial charge in [0.05, 0.1) is 0 Å². The molecule has 1 aromatic rings. The van der Waals surface area contributed by atoms with Crippen molar-refractivity contribution in [2.24, 2.45) is 5.92 Å². The largest absolute Gasteiger partial charge is 0.309 e. The van der Waals surface area contributed by atoms with Gasteiger partial charge in [-0.15, -0.1) is 12.3 Å². The van der Waals surface area contributed by atoms with Crippen LogP contribution in [-0.2, 0) is 0 Å². The lowest BCUT2D eigenvalue weighted by atomic mass is 9.96. The standard InChI is InChI=1S/C14H19N/c1-4-5-11-15-14(12(2)3)13-9-7-6-8-10-13/h1,6-10,12,14-15H,5,11H2,2-3H3. The molecule has 0 saturated heterocycles. The number of hydrogen-bond acceptors (Lipinski definition) is 1. The monoisotopic (exact) mass is 201 g/mol. The lowest BCUT2D eigenvalue weighted by Crippen LogP contribution is -2.26. The van der Waals surface area contributed by atoms with E-state index in [1.165, 1.54) is 5.56 Å². The van der Waals surface area contributed by atoms with E-state index in [2.05, 4.69) is 49.4 Å². The molecule has 0 spiro atoms. The summed E-state index contributed by atoms with van der Waals surface area (Å²) >= 11 is 0. The van der Waals surface area contributed by atoms with E-state index in [1.807, 2.05) is 6.07 Å². The predicted octanol–water partition coefficient (Wildman–Crippen LogP) is 3.00. The lowest BCUT2D eigenvalue weighted by Gasteiger charge is -2.22. The van der Waals surface area contributed by atoms with Crippen LogP contribution in [0.4, 0.5) is 0 Å². The topological polar surface area (TPSA) is 12.0 Å². The molecule has 0 amide bonds. The molecule has 0 aliphatic carbocycles. The van der Waals surface area contributed by atoms with Gasteiger partial charge in [0.15, 0.2) is 0 Å². The predicted molar refractivity (Wildman–Crippen MR) is 65.5 cm³/mol. The van der Waals surface area contributed by atoms with E-state index in [4.69, 9.17) is 6.42 Å². The molecule has 1 aromatic carbocycles. The van der Waals surface area contributed by atoms with E-state index in [0.29, 0.717) is 12.0 Å². The Labute approximate surface area is 92.9 Å². The Morgan fingerprint density at radius 1 is 1.27 bits per heavy atom. The molecule has 15 heavy (non-hydrogen) atoms. The molecule has 0 aliphatic heterocycles. The van der Waals surface area contributed by atoms with Gasteiger partial charge < -0.3 is 5.32 Å². The number of rotatable bonds is 5. The Morgan fingerprint density at radius 2 is 1.93 bits per heavy atom. The van der Waals surface area contributed by atoms with Crippen molar-refractivity contribution >= 4 is 0 Å². The van der Waals surface area contributed by atoms with Crippen molar-refractivity contribution in [3.05, 3.63) is 35.9 Å². The summed E-state index contributed by atoms with van der Waals surface area (Å²) in [5, 5.41) is 3.49. The van der Waals surface area contributed by atoms with Gasteiger partial charge in [0.25, 0.3) is 0 Å². The minimum atomic E-state index is 0.402. The molecule has 1 heteroatoms. The van der Waals surface area contributed by atoms with Crippen molar-refractivity contribution in [1.29, 1.82) is 0 Å². The molecular formula is C14H19N. The van der Waals surface area contributed by atoms with Crippen LogP contribution in [-0.4, -0.2) is 6.54 Å². The minimum absolute atomic E-state index is 0.402. The summed E-state index contributed by atoms with van der Waals surface area (Å²) in [6.07, 6.45) is 6.03. The van der Waals surface area contributed by atoms with Crippen LogP contribution in [0.5, 0.6) is 0 Å². The number of hydrogen-bond donors (Lipinski definition) is 1. The van der Waals surface area contributed by atoms with Crippen LogP contribution in [0.25, 0.3) is 0 Å². The second-order valence-electron chi connectivity index (χ2n) is 4.04. The van der Waals surface area contributed by atoms with Crippen LogP contribution in [0, 0.1) is 18.3 Å². The summed E-state index contributed by atoms with van der Waals surface area (Å²) < 4.78 is 0.